The Labute approximate surface area is 114 Å². The quantitative estimate of drug-likeness (QED) is 0.331. The lowest BCUT2D eigenvalue weighted by molar-refractivity contribution is 0.110. The fourth-order valence-corrected chi connectivity index (χ4v) is 2.37. The van der Waals surface area contributed by atoms with Crippen molar-refractivity contribution in [2.45, 2.75) is 25.8 Å². The number of hydrogen-bond acceptors (Lipinski definition) is 4. The average molecular weight is 271 g/mol. The van der Waals surface area contributed by atoms with Crippen LogP contribution in [-0.4, -0.2) is 78.1 Å². The fourth-order valence-electron chi connectivity index (χ4n) is 2.37. The number of piperazine rings is 1. The van der Waals surface area contributed by atoms with Gasteiger partial charge in [0.25, 0.3) is 0 Å². The van der Waals surface area contributed by atoms with Gasteiger partial charge in [-0.1, -0.05) is 18.5 Å². The Kier molecular flexibility index (Phi) is 5.88. The normalized spacial score (nSPS) is 19.3. The third-order valence-electron chi connectivity index (χ3n) is 3.43. The van der Waals surface area contributed by atoms with E-state index in [4.69, 9.17) is 10.9 Å². The highest BCUT2D eigenvalue weighted by atomic mass is 16.4. The molecule has 19 heavy (non-hydrogen) atoms. The lowest BCUT2D eigenvalue weighted by Crippen LogP contribution is -2.56. The van der Waals surface area contributed by atoms with Gasteiger partial charge in [0.1, 0.15) is 0 Å². The summed E-state index contributed by atoms with van der Waals surface area (Å²) in [6.45, 7) is 4.93. The maximum absolute atomic E-state index is 11.8. The summed E-state index contributed by atoms with van der Waals surface area (Å²) in [5, 5.41) is 12.0. The van der Waals surface area contributed by atoms with E-state index in [-0.39, 0.29) is 17.9 Å². The third-order valence-corrected chi connectivity index (χ3v) is 3.43. The first kappa shape index (κ1) is 15.6. The van der Waals surface area contributed by atoms with Gasteiger partial charge in [-0.2, -0.15) is 0 Å². The van der Waals surface area contributed by atoms with Crippen LogP contribution in [0.15, 0.2) is 5.16 Å². The topological polar surface area (TPSA) is 85.4 Å². The van der Waals surface area contributed by atoms with Gasteiger partial charge in [-0.25, -0.2) is 4.79 Å². The number of urea groups is 1. The minimum atomic E-state index is -0.0355. The zero-order chi connectivity index (χ0) is 14.4. The van der Waals surface area contributed by atoms with E-state index in [1.165, 1.54) is 0 Å². The van der Waals surface area contributed by atoms with Crippen molar-refractivity contribution in [3.8, 4) is 0 Å². The molecule has 1 saturated heterocycles. The van der Waals surface area contributed by atoms with Crippen LogP contribution in [0.4, 0.5) is 4.79 Å². The van der Waals surface area contributed by atoms with Crippen LogP contribution in [0.1, 0.15) is 19.8 Å². The molecule has 3 N–H and O–H groups in total. The monoisotopic (exact) mass is 271 g/mol. The van der Waals surface area contributed by atoms with E-state index in [9.17, 15) is 4.79 Å². The summed E-state index contributed by atoms with van der Waals surface area (Å²) < 4.78 is 0. The highest BCUT2D eigenvalue weighted by Crippen LogP contribution is 2.12. The molecule has 1 aliphatic rings. The summed E-state index contributed by atoms with van der Waals surface area (Å²) in [6.07, 6.45) is 1.83. The number of amidine groups is 1. The highest BCUT2D eigenvalue weighted by Gasteiger charge is 2.28. The Morgan fingerprint density at radius 1 is 1.37 bits per heavy atom. The minimum absolute atomic E-state index is 0.0355. The van der Waals surface area contributed by atoms with Crippen molar-refractivity contribution in [3.05, 3.63) is 0 Å². The predicted molar refractivity (Wildman–Crippen MR) is 74.3 cm³/mol. The molecule has 1 rings (SSSR count). The zero-order valence-electron chi connectivity index (χ0n) is 12.0. The molecule has 1 atom stereocenters. The summed E-state index contributed by atoms with van der Waals surface area (Å²) in [7, 11) is 3.51. The Bertz CT molecular complexity index is 324. The van der Waals surface area contributed by atoms with E-state index in [2.05, 4.69) is 17.0 Å². The van der Waals surface area contributed by atoms with E-state index in [0.717, 1.165) is 25.9 Å². The van der Waals surface area contributed by atoms with Crippen LogP contribution >= 0.6 is 0 Å². The molecular formula is C12H25N5O2. The minimum Gasteiger partial charge on any atom is -0.409 e. The molecule has 1 aliphatic heterocycles. The van der Waals surface area contributed by atoms with Crippen molar-refractivity contribution in [1.82, 2.24) is 14.7 Å². The summed E-state index contributed by atoms with van der Waals surface area (Å²) in [6, 6.07) is 0.00194. The second kappa shape index (κ2) is 7.18. The summed E-state index contributed by atoms with van der Waals surface area (Å²) in [5.41, 5.74) is 5.75. The molecule has 0 aromatic carbocycles. The van der Waals surface area contributed by atoms with Gasteiger partial charge in [0.15, 0.2) is 5.84 Å². The molecule has 0 spiro atoms. The lowest BCUT2D eigenvalue weighted by atomic mass is 10.1. The lowest BCUT2D eigenvalue weighted by Gasteiger charge is -2.39. The predicted octanol–water partition coefficient (Wildman–Crippen LogP) is 0.201. The Hall–Kier alpha value is -1.50. The summed E-state index contributed by atoms with van der Waals surface area (Å²) >= 11 is 0. The van der Waals surface area contributed by atoms with Gasteiger partial charge < -0.3 is 20.7 Å². The molecule has 110 valence electrons. The smallest absolute Gasteiger partial charge is 0.319 e. The molecule has 0 aromatic heterocycles. The van der Waals surface area contributed by atoms with Gasteiger partial charge in [0.2, 0.25) is 0 Å². The summed E-state index contributed by atoms with van der Waals surface area (Å²) in [5.74, 6) is 0.259. The molecule has 2 amide bonds. The van der Waals surface area contributed by atoms with Crippen LogP contribution in [0.2, 0.25) is 0 Å². The van der Waals surface area contributed by atoms with Crippen LogP contribution in [0.3, 0.4) is 0 Å². The molecule has 0 aliphatic carbocycles. The van der Waals surface area contributed by atoms with Gasteiger partial charge in [-0.15, -0.1) is 0 Å². The molecule has 1 unspecified atom stereocenters. The van der Waals surface area contributed by atoms with Crippen LogP contribution in [0.25, 0.3) is 0 Å². The van der Waals surface area contributed by atoms with E-state index in [1.807, 2.05) is 4.90 Å². The molecule has 7 heteroatoms. The third kappa shape index (κ3) is 3.99. The molecular weight excluding hydrogens is 246 g/mol. The average Bonchev–Trinajstić information content (AvgIpc) is 2.43. The van der Waals surface area contributed by atoms with Crippen LogP contribution in [-0.2, 0) is 0 Å². The van der Waals surface area contributed by atoms with Crippen LogP contribution in [0.5, 0.6) is 0 Å². The second-order valence-corrected chi connectivity index (χ2v) is 5.03. The Balaban J connectivity index is 2.58. The number of nitrogens with zero attached hydrogens (tertiary/aromatic N) is 4. The van der Waals surface area contributed by atoms with Crippen molar-refractivity contribution < 1.29 is 10.0 Å². The van der Waals surface area contributed by atoms with Crippen LogP contribution in [0, 0.1) is 0 Å². The van der Waals surface area contributed by atoms with E-state index in [0.29, 0.717) is 13.1 Å². The van der Waals surface area contributed by atoms with Crippen LogP contribution < -0.4 is 5.73 Å². The number of hydrogen-bond donors (Lipinski definition) is 2. The van der Waals surface area contributed by atoms with Crippen molar-refractivity contribution in [2.24, 2.45) is 10.9 Å². The number of nitrogens with two attached hydrogens (primary N) is 1. The van der Waals surface area contributed by atoms with E-state index in [1.54, 1.807) is 19.0 Å². The first-order chi connectivity index (χ1) is 9.01. The second-order valence-electron chi connectivity index (χ2n) is 5.03. The molecule has 1 heterocycles. The molecule has 7 nitrogen and oxygen atoms in total. The SMILES string of the molecule is CCCC(C(N)=NO)N1CCN(C(=O)N(C)C)CC1. The first-order valence-corrected chi connectivity index (χ1v) is 6.69. The van der Waals surface area contributed by atoms with Gasteiger partial charge in [0, 0.05) is 40.3 Å². The largest absolute Gasteiger partial charge is 0.409 e. The van der Waals surface area contributed by atoms with Gasteiger partial charge >= 0.3 is 6.03 Å². The molecule has 0 radical (unpaired) electrons. The highest BCUT2D eigenvalue weighted by molar-refractivity contribution is 5.85. The van der Waals surface area contributed by atoms with Gasteiger partial charge in [0.05, 0.1) is 6.04 Å². The van der Waals surface area contributed by atoms with E-state index >= 15 is 0 Å². The maximum Gasteiger partial charge on any atom is 0.319 e. The Morgan fingerprint density at radius 3 is 2.37 bits per heavy atom. The number of carbonyl (C=O) groups is 1. The number of oxime groups is 1. The fraction of sp³-hybridized carbons (Fsp3) is 0.833. The maximum atomic E-state index is 11.8. The number of amides is 2. The van der Waals surface area contributed by atoms with Crippen molar-refractivity contribution in [1.29, 1.82) is 0 Å². The molecule has 1 fully saturated rings. The molecule has 0 saturated carbocycles. The summed E-state index contributed by atoms with van der Waals surface area (Å²) in [4.78, 5) is 17.4. The van der Waals surface area contributed by atoms with E-state index < -0.39 is 0 Å². The standard InChI is InChI=1S/C12H25N5O2/c1-4-5-10(11(13)14-19)16-6-8-17(9-7-16)12(18)15(2)3/h10,19H,4-9H2,1-3H3,(H2,13,14). The first-order valence-electron chi connectivity index (χ1n) is 6.69. The van der Waals surface area contributed by atoms with Crippen molar-refractivity contribution >= 4 is 11.9 Å². The van der Waals surface area contributed by atoms with Gasteiger partial charge in [-0.05, 0) is 6.42 Å². The molecule has 0 bridgehead atoms. The van der Waals surface area contributed by atoms with Gasteiger partial charge in [-0.3, -0.25) is 4.90 Å². The number of carbonyl (C=O) groups excluding carboxylic acids is 1. The van der Waals surface area contributed by atoms with Crippen molar-refractivity contribution in [3.63, 3.8) is 0 Å². The number of rotatable bonds is 4. The zero-order valence-corrected chi connectivity index (χ0v) is 12.0. The van der Waals surface area contributed by atoms with Crippen molar-refractivity contribution in [2.75, 3.05) is 40.3 Å². The molecule has 0 aromatic rings. The Morgan fingerprint density at radius 2 is 1.95 bits per heavy atom.